The van der Waals surface area contributed by atoms with Crippen LogP contribution < -0.4 is 0 Å². The van der Waals surface area contributed by atoms with Crippen LogP contribution in [0.15, 0.2) is 0 Å². The summed E-state index contributed by atoms with van der Waals surface area (Å²) in [5.74, 6) is 0.724. The van der Waals surface area contributed by atoms with Crippen LogP contribution in [0.1, 0.15) is 67.2 Å². The lowest BCUT2D eigenvalue weighted by Gasteiger charge is -2.43. The largest absolute Gasteiger partial charge is 0.416 e. The Morgan fingerprint density at radius 1 is 1.00 bits per heavy atom. The van der Waals surface area contributed by atoms with Crippen LogP contribution in [0.4, 0.5) is 0 Å². The van der Waals surface area contributed by atoms with Crippen molar-refractivity contribution in [2.45, 2.75) is 83.8 Å². The number of rotatable bonds is 6. The van der Waals surface area contributed by atoms with Crippen molar-refractivity contribution in [3.05, 3.63) is 6.42 Å². The van der Waals surface area contributed by atoms with E-state index in [9.17, 15) is 0 Å². The molecule has 1 unspecified atom stereocenters. The molecule has 0 aliphatic heterocycles. The molecular weight excluding hydrogens is 236 g/mol. The van der Waals surface area contributed by atoms with Crippen LogP contribution in [-0.4, -0.2) is 14.9 Å². The third-order valence-corrected chi connectivity index (χ3v) is 10.9. The van der Waals surface area contributed by atoms with Crippen LogP contribution >= 0.6 is 0 Å². The first-order valence-electron chi connectivity index (χ1n) is 7.88. The van der Waals surface area contributed by atoms with Gasteiger partial charge in [-0.15, -0.1) is 0 Å². The molecular formula is C16H33OSi. The van der Waals surface area contributed by atoms with E-state index in [1.807, 2.05) is 0 Å². The van der Waals surface area contributed by atoms with Crippen molar-refractivity contribution in [2.75, 3.05) is 6.61 Å². The van der Waals surface area contributed by atoms with Crippen molar-refractivity contribution in [1.82, 2.24) is 0 Å². The molecule has 0 saturated heterocycles. The van der Waals surface area contributed by atoms with E-state index in [0.29, 0.717) is 16.6 Å². The first-order chi connectivity index (χ1) is 8.41. The van der Waals surface area contributed by atoms with E-state index in [2.05, 4.69) is 48.0 Å². The molecule has 2 heteroatoms. The molecule has 107 valence electrons. The molecule has 0 amide bonds. The summed E-state index contributed by atoms with van der Waals surface area (Å²) in [6.45, 7) is 15.2. The van der Waals surface area contributed by atoms with Gasteiger partial charge in [-0.3, -0.25) is 0 Å². The standard InChI is InChI=1S/C16H33OSi/c1-13(2)18(14(3)4,15(5)6)17-12-16-10-8-7-9-11-16/h10,13-16H,7-9,11-12H2,1-6H3. The third kappa shape index (κ3) is 3.60. The minimum absolute atomic E-state index is 0.709. The van der Waals surface area contributed by atoms with Crippen molar-refractivity contribution in [3.8, 4) is 0 Å². The van der Waals surface area contributed by atoms with Crippen LogP contribution in [-0.2, 0) is 4.43 Å². The van der Waals surface area contributed by atoms with Gasteiger partial charge in [0.25, 0.3) is 0 Å². The van der Waals surface area contributed by atoms with Gasteiger partial charge in [-0.1, -0.05) is 54.4 Å². The minimum Gasteiger partial charge on any atom is -0.416 e. The maximum absolute atomic E-state index is 6.66. The van der Waals surface area contributed by atoms with Gasteiger partial charge in [0.15, 0.2) is 8.32 Å². The van der Waals surface area contributed by atoms with Crippen LogP contribution in [0.2, 0.25) is 16.6 Å². The Morgan fingerprint density at radius 3 is 1.94 bits per heavy atom. The minimum atomic E-state index is -1.63. The summed E-state index contributed by atoms with van der Waals surface area (Å²) < 4.78 is 6.66. The average Bonchev–Trinajstić information content (AvgIpc) is 2.29. The van der Waals surface area contributed by atoms with Gasteiger partial charge in [0, 0.05) is 6.61 Å². The lowest BCUT2D eigenvalue weighted by molar-refractivity contribution is 0.216. The van der Waals surface area contributed by atoms with Gasteiger partial charge in [-0.25, -0.2) is 0 Å². The van der Waals surface area contributed by atoms with Gasteiger partial charge < -0.3 is 4.43 Å². The van der Waals surface area contributed by atoms with E-state index in [4.69, 9.17) is 4.43 Å². The molecule has 0 aromatic carbocycles. The highest BCUT2D eigenvalue weighted by Gasteiger charge is 2.45. The Hall–Kier alpha value is 0.177. The summed E-state index contributed by atoms with van der Waals surface area (Å²) >= 11 is 0. The predicted octanol–water partition coefficient (Wildman–Crippen LogP) is 5.57. The Labute approximate surface area is 116 Å². The lowest BCUT2D eigenvalue weighted by Crippen LogP contribution is -2.48. The van der Waals surface area contributed by atoms with Crippen molar-refractivity contribution in [3.63, 3.8) is 0 Å². The maximum Gasteiger partial charge on any atom is 0.200 e. The first kappa shape index (κ1) is 16.2. The normalized spacial score (nSPS) is 19.2. The zero-order chi connectivity index (χ0) is 13.8. The smallest absolute Gasteiger partial charge is 0.200 e. The fraction of sp³-hybridized carbons (Fsp3) is 0.938. The van der Waals surface area contributed by atoms with Gasteiger partial charge in [0.05, 0.1) is 0 Å². The molecule has 0 spiro atoms. The highest BCUT2D eigenvalue weighted by Crippen LogP contribution is 2.42. The highest BCUT2D eigenvalue weighted by atomic mass is 28.4. The molecule has 0 aromatic rings. The molecule has 1 nitrogen and oxygen atoms in total. The Morgan fingerprint density at radius 2 is 1.56 bits per heavy atom. The van der Waals surface area contributed by atoms with Crippen molar-refractivity contribution in [2.24, 2.45) is 5.92 Å². The third-order valence-electron chi connectivity index (χ3n) is 4.78. The molecule has 18 heavy (non-hydrogen) atoms. The Kier molecular flexibility index (Phi) is 6.39. The van der Waals surface area contributed by atoms with E-state index < -0.39 is 8.32 Å². The van der Waals surface area contributed by atoms with Crippen molar-refractivity contribution in [1.29, 1.82) is 0 Å². The molecule has 1 fully saturated rings. The second kappa shape index (κ2) is 7.09. The summed E-state index contributed by atoms with van der Waals surface area (Å²) in [6.07, 6.45) is 7.93. The fourth-order valence-corrected chi connectivity index (χ4v) is 9.43. The summed E-state index contributed by atoms with van der Waals surface area (Å²) in [7, 11) is -1.63. The van der Waals surface area contributed by atoms with Gasteiger partial charge >= 0.3 is 0 Å². The molecule has 1 atom stereocenters. The van der Waals surface area contributed by atoms with Crippen LogP contribution in [0.25, 0.3) is 0 Å². The molecule has 1 saturated carbocycles. The average molecular weight is 270 g/mol. The second-order valence-corrected chi connectivity index (χ2v) is 12.4. The van der Waals surface area contributed by atoms with Gasteiger partial charge in [0.1, 0.15) is 0 Å². The Balaban J connectivity index is 2.65. The van der Waals surface area contributed by atoms with E-state index in [1.54, 1.807) is 0 Å². The van der Waals surface area contributed by atoms with E-state index in [1.165, 1.54) is 25.7 Å². The molecule has 0 heterocycles. The second-order valence-electron chi connectivity index (χ2n) is 6.91. The van der Waals surface area contributed by atoms with Crippen molar-refractivity contribution >= 4 is 8.32 Å². The van der Waals surface area contributed by atoms with Crippen LogP contribution in [0.3, 0.4) is 0 Å². The molecule has 1 radical (unpaired) electrons. The maximum atomic E-state index is 6.66. The topological polar surface area (TPSA) is 9.23 Å². The Bertz CT molecular complexity index is 207. The summed E-state index contributed by atoms with van der Waals surface area (Å²) in [5.41, 5.74) is 2.13. The predicted molar refractivity (Wildman–Crippen MR) is 83.3 cm³/mol. The fourth-order valence-electron chi connectivity index (χ4n) is 3.93. The molecule has 1 aliphatic rings. The van der Waals surface area contributed by atoms with Crippen LogP contribution in [0.5, 0.6) is 0 Å². The molecule has 0 bridgehead atoms. The lowest BCUT2D eigenvalue weighted by atomic mass is 9.90. The van der Waals surface area contributed by atoms with E-state index in [0.717, 1.165) is 12.5 Å². The molecule has 1 rings (SSSR count). The highest BCUT2D eigenvalue weighted by molar-refractivity contribution is 6.77. The van der Waals surface area contributed by atoms with E-state index in [-0.39, 0.29) is 0 Å². The molecule has 1 aliphatic carbocycles. The number of hydrogen-bond acceptors (Lipinski definition) is 1. The summed E-state index contributed by atoms with van der Waals surface area (Å²) in [6, 6.07) is 0. The van der Waals surface area contributed by atoms with Crippen LogP contribution in [0, 0.1) is 12.3 Å². The number of hydrogen-bond donors (Lipinski definition) is 0. The first-order valence-corrected chi connectivity index (χ1v) is 10.0. The molecule has 0 N–H and O–H groups in total. The monoisotopic (exact) mass is 269 g/mol. The summed E-state index contributed by atoms with van der Waals surface area (Å²) in [4.78, 5) is 0. The zero-order valence-corrected chi connectivity index (χ0v) is 14.3. The molecule has 0 aromatic heterocycles. The van der Waals surface area contributed by atoms with Gasteiger partial charge in [0.2, 0.25) is 0 Å². The quantitative estimate of drug-likeness (QED) is 0.572. The summed E-state index contributed by atoms with van der Waals surface area (Å²) in [5, 5.41) is 0. The van der Waals surface area contributed by atoms with Gasteiger partial charge in [-0.2, -0.15) is 0 Å². The van der Waals surface area contributed by atoms with Crippen molar-refractivity contribution < 1.29 is 4.43 Å². The zero-order valence-electron chi connectivity index (χ0n) is 13.3. The van der Waals surface area contributed by atoms with Gasteiger partial charge in [-0.05, 0) is 41.8 Å². The SMILES string of the molecule is CC(C)[Si](OCC1[CH]CCCC1)(C(C)C)C(C)C. The van der Waals surface area contributed by atoms with E-state index >= 15 is 0 Å².